The summed E-state index contributed by atoms with van der Waals surface area (Å²) in [4.78, 5) is 34.3. The number of carbonyl (C=O) groups excluding carboxylic acids is 3. The fraction of sp³-hybridized carbons (Fsp3) is 0.300. The highest BCUT2D eigenvalue weighted by Gasteiger charge is 2.31. The largest absolute Gasteiger partial charge is 0.303 e. The van der Waals surface area contributed by atoms with Crippen LogP contribution in [-0.2, 0) is 14.4 Å². The molecule has 0 radical (unpaired) electrons. The number of nitrogens with one attached hydrogen (secondary N) is 1. The minimum absolute atomic E-state index is 0.227. The second-order valence-corrected chi connectivity index (χ2v) is 3.18. The van der Waals surface area contributed by atoms with Gasteiger partial charge in [0, 0.05) is 12.1 Å². The van der Waals surface area contributed by atoms with E-state index in [0.29, 0.717) is 18.5 Å². The molecular weight excluding hydrogens is 196 g/mol. The first-order chi connectivity index (χ1) is 7.10. The SMILES string of the molecule is C=CC(=C)N(C=O)C1CCC(=O)NC1=O. The Kier molecular flexibility index (Phi) is 3.38. The van der Waals surface area contributed by atoms with Crippen LogP contribution in [-0.4, -0.2) is 29.2 Å². The van der Waals surface area contributed by atoms with Crippen molar-refractivity contribution in [2.24, 2.45) is 0 Å². The van der Waals surface area contributed by atoms with Crippen molar-refractivity contribution in [3.63, 3.8) is 0 Å². The fourth-order valence-electron chi connectivity index (χ4n) is 1.39. The monoisotopic (exact) mass is 208 g/mol. The molecule has 1 rings (SSSR count). The van der Waals surface area contributed by atoms with Gasteiger partial charge in [0.05, 0.1) is 0 Å². The molecule has 1 N–H and O–H groups in total. The summed E-state index contributed by atoms with van der Waals surface area (Å²) in [7, 11) is 0. The van der Waals surface area contributed by atoms with Crippen molar-refractivity contribution < 1.29 is 14.4 Å². The molecule has 5 nitrogen and oxygen atoms in total. The number of nitrogens with zero attached hydrogens (tertiary/aromatic N) is 1. The van der Waals surface area contributed by atoms with Gasteiger partial charge in [-0.25, -0.2) is 0 Å². The second-order valence-electron chi connectivity index (χ2n) is 3.18. The summed E-state index contributed by atoms with van der Waals surface area (Å²) in [6.45, 7) is 7.05. The molecule has 0 aromatic heterocycles. The minimum Gasteiger partial charge on any atom is -0.303 e. The molecule has 0 aromatic carbocycles. The molecule has 0 saturated carbocycles. The Hall–Kier alpha value is -1.91. The predicted molar refractivity (Wildman–Crippen MR) is 53.4 cm³/mol. The third kappa shape index (κ3) is 2.31. The zero-order valence-electron chi connectivity index (χ0n) is 8.23. The van der Waals surface area contributed by atoms with E-state index in [4.69, 9.17) is 0 Å². The van der Waals surface area contributed by atoms with Crippen molar-refractivity contribution in [2.45, 2.75) is 18.9 Å². The van der Waals surface area contributed by atoms with Crippen molar-refractivity contribution in [1.29, 1.82) is 0 Å². The van der Waals surface area contributed by atoms with E-state index < -0.39 is 11.9 Å². The number of imide groups is 1. The lowest BCUT2D eigenvalue weighted by Gasteiger charge is -2.29. The zero-order chi connectivity index (χ0) is 11.4. The number of amides is 3. The average Bonchev–Trinajstić information content (AvgIpc) is 2.21. The Labute approximate surface area is 87.4 Å². The lowest BCUT2D eigenvalue weighted by Crippen LogP contribution is -2.51. The van der Waals surface area contributed by atoms with E-state index in [-0.39, 0.29) is 12.3 Å². The smallest absolute Gasteiger partial charge is 0.249 e. The van der Waals surface area contributed by atoms with Crippen molar-refractivity contribution in [2.75, 3.05) is 0 Å². The quantitative estimate of drug-likeness (QED) is 0.400. The molecule has 1 atom stereocenters. The van der Waals surface area contributed by atoms with Crippen molar-refractivity contribution in [1.82, 2.24) is 10.2 Å². The van der Waals surface area contributed by atoms with Gasteiger partial charge in [-0.15, -0.1) is 0 Å². The molecule has 1 fully saturated rings. The topological polar surface area (TPSA) is 66.5 Å². The van der Waals surface area contributed by atoms with E-state index in [2.05, 4.69) is 18.5 Å². The van der Waals surface area contributed by atoms with Crippen LogP contribution in [0.25, 0.3) is 0 Å². The Bertz CT molecular complexity index is 336. The van der Waals surface area contributed by atoms with Gasteiger partial charge in [0.15, 0.2) is 0 Å². The molecule has 1 saturated heterocycles. The summed E-state index contributed by atoms with van der Waals surface area (Å²) in [5, 5.41) is 2.17. The summed E-state index contributed by atoms with van der Waals surface area (Å²) >= 11 is 0. The Balaban J connectivity index is 2.81. The molecular formula is C10H12N2O3. The van der Waals surface area contributed by atoms with Gasteiger partial charge < -0.3 is 4.90 Å². The number of allylic oxidation sites excluding steroid dienone is 1. The molecule has 1 heterocycles. The van der Waals surface area contributed by atoms with E-state index in [1.165, 1.54) is 11.0 Å². The summed E-state index contributed by atoms with van der Waals surface area (Å²) in [5.41, 5.74) is 0.347. The molecule has 5 heteroatoms. The number of hydrogen-bond donors (Lipinski definition) is 1. The van der Waals surface area contributed by atoms with Crippen molar-refractivity contribution in [3.05, 3.63) is 24.9 Å². The Morgan fingerprint density at radius 3 is 2.67 bits per heavy atom. The van der Waals surface area contributed by atoms with Gasteiger partial charge in [-0.05, 0) is 12.5 Å². The van der Waals surface area contributed by atoms with Gasteiger partial charge in [-0.3, -0.25) is 19.7 Å². The molecule has 1 unspecified atom stereocenters. The number of hydrogen-bond acceptors (Lipinski definition) is 3. The first-order valence-corrected chi connectivity index (χ1v) is 4.48. The highest BCUT2D eigenvalue weighted by molar-refractivity contribution is 6.01. The Morgan fingerprint density at radius 1 is 1.53 bits per heavy atom. The molecule has 0 bridgehead atoms. The van der Waals surface area contributed by atoms with Crippen LogP contribution in [0.4, 0.5) is 0 Å². The number of carbonyl (C=O) groups is 3. The lowest BCUT2D eigenvalue weighted by atomic mass is 10.0. The zero-order valence-corrected chi connectivity index (χ0v) is 8.23. The molecule has 1 aliphatic heterocycles. The number of rotatable bonds is 4. The highest BCUT2D eigenvalue weighted by atomic mass is 16.2. The summed E-state index contributed by atoms with van der Waals surface area (Å²) in [5.74, 6) is -0.785. The van der Waals surface area contributed by atoms with Gasteiger partial charge >= 0.3 is 0 Å². The van der Waals surface area contributed by atoms with E-state index in [0.717, 1.165) is 0 Å². The van der Waals surface area contributed by atoms with Gasteiger partial charge in [0.25, 0.3) is 0 Å². The maximum absolute atomic E-state index is 11.4. The molecule has 80 valence electrons. The summed E-state index contributed by atoms with van der Waals surface area (Å²) < 4.78 is 0. The lowest BCUT2D eigenvalue weighted by molar-refractivity contribution is -0.139. The van der Waals surface area contributed by atoms with Crippen LogP contribution in [0.1, 0.15) is 12.8 Å². The van der Waals surface area contributed by atoms with Crippen molar-refractivity contribution in [3.8, 4) is 0 Å². The van der Waals surface area contributed by atoms with Gasteiger partial charge in [0.1, 0.15) is 6.04 Å². The Morgan fingerprint density at radius 2 is 2.20 bits per heavy atom. The van der Waals surface area contributed by atoms with Crippen LogP contribution in [0.3, 0.4) is 0 Å². The van der Waals surface area contributed by atoms with Crippen LogP contribution in [0.5, 0.6) is 0 Å². The second kappa shape index (κ2) is 4.54. The van der Waals surface area contributed by atoms with Crippen molar-refractivity contribution >= 4 is 18.2 Å². The first-order valence-electron chi connectivity index (χ1n) is 4.48. The molecule has 0 aromatic rings. The van der Waals surface area contributed by atoms with Crippen LogP contribution in [0, 0.1) is 0 Å². The average molecular weight is 208 g/mol. The predicted octanol–water partition coefficient (Wildman–Crippen LogP) is -0.0503. The maximum atomic E-state index is 11.4. The number of piperidine rings is 1. The first kappa shape index (κ1) is 11.2. The summed E-state index contributed by atoms with van der Waals surface area (Å²) in [6.07, 6.45) is 2.45. The van der Waals surface area contributed by atoms with Crippen LogP contribution >= 0.6 is 0 Å². The molecule has 0 spiro atoms. The van der Waals surface area contributed by atoms with E-state index >= 15 is 0 Å². The third-order valence-corrected chi connectivity index (χ3v) is 2.23. The van der Waals surface area contributed by atoms with Crippen LogP contribution < -0.4 is 5.32 Å². The molecule has 1 aliphatic rings. The van der Waals surface area contributed by atoms with Crippen LogP contribution in [0.15, 0.2) is 24.9 Å². The maximum Gasteiger partial charge on any atom is 0.249 e. The van der Waals surface area contributed by atoms with Gasteiger partial charge in [-0.2, -0.15) is 0 Å². The standard InChI is InChI=1S/C10H12N2O3/c1-3-7(2)12(6-13)8-4-5-9(14)11-10(8)15/h3,6,8H,1-2,4-5H2,(H,11,14,15). The summed E-state index contributed by atoms with van der Waals surface area (Å²) in [6, 6.07) is -0.661. The molecule has 3 amide bonds. The minimum atomic E-state index is -0.661. The van der Waals surface area contributed by atoms with E-state index in [1.54, 1.807) is 0 Å². The molecule has 0 aliphatic carbocycles. The van der Waals surface area contributed by atoms with E-state index in [9.17, 15) is 14.4 Å². The molecule has 15 heavy (non-hydrogen) atoms. The normalized spacial score (nSPS) is 20.4. The van der Waals surface area contributed by atoms with Gasteiger partial charge in [-0.1, -0.05) is 13.2 Å². The fourth-order valence-corrected chi connectivity index (χ4v) is 1.39. The highest BCUT2D eigenvalue weighted by Crippen LogP contribution is 2.15. The van der Waals surface area contributed by atoms with Crippen LogP contribution in [0.2, 0.25) is 0 Å². The van der Waals surface area contributed by atoms with E-state index in [1.807, 2.05) is 0 Å². The third-order valence-electron chi connectivity index (χ3n) is 2.23. The van der Waals surface area contributed by atoms with Gasteiger partial charge in [0.2, 0.25) is 18.2 Å².